The van der Waals surface area contributed by atoms with Crippen LogP contribution in [0.15, 0.2) is 66.9 Å². The predicted octanol–water partition coefficient (Wildman–Crippen LogP) is 5.04. The van der Waals surface area contributed by atoms with Gasteiger partial charge in [-0.1, -0.05) is 24.3 Å². The summed E-state index contributed by atoms with van der Waals surface area (Å²) in [4.78, 5) is 18.8. The molecule has 1 aliphatic rings. The van der Waals surface area contributed by atoms with E-state index in [0.29, 0.717) is 30.2 Å². The van der Waals surface area contributed by atoms with E-state index < -0.39 is 11.7 Å². The summed E-state index contributed by atoms with van der Waals surface area (Å²) in [6.45, 7) is 1.15. The molecule has 4 rings (SSSR count). The first-order chi connectivity index (χ1) is 13.9. The number of benzene rings is 2. The maximum Gasteiger partial charge on any atom is 0.416 e. The summed E-state index contributed by atoms with van der Waals surface area (Å²) in [5.41, 5.74) is 3.05. The third kappa shape index (κ3) is 4.23. The molecule has 0 fully saturated rings. The summed E-state index contributed by atoms with van der Waals surface area (Å²) < 4.78 is 38.1. The number of rotatable bonds is 3. The molecule has 0 bridgehead atoms. The van der Waals surface area contributed by atoms with Gasteiger partial charge in [0.1, 0.15) is 5.69 Å². The summed E-state index contributed by atoms with van der Waals surface area (Å²) in [6.07, 6.45) is -2.06. The first kappa shape index (κ1) is 19.0. The third-order valence-electron chi connectivity index (χ3n) is 4.90. The number of nitrogens with one attached hydrogen (secondary N) is 1. The molecular weight excluding hydrogens is 379 g/mol. The number of anilines is 2. The molecular formula is C22H18F3N3O. The lowest BCUT2D eigenvalue weighted by Gasteiger charge is -2.28. The Balaban J connectivity index is 1.48. The number of carbonyl (C=O) groups is 1. The molecule has 3 aromatic rings. The fourth-order valence-corrected chi connectivity index (χ4v) is 3.37. The van der Waals surface area contributed by atoms with Crippen molar-refractivity contribution in [2.24, 2.45) is 0 Å². The lowest BCUT2D eigenvalue weighted by molar-refractivity contribution is -0.137. The van der Waals surface area contributed by atoms with Crippen LogP contribution in [0.1, 0.15) is 27.2 Å². The van der Waals surface area contributed by atoms with E-state index in [-0.39, 0.29) is 5.91 Å². The SMILES string of the molecule is O=C(c1cc(Nc2ccc(C(F)(F)F)cc2)ccn1)N1CCc2ccccc2C1. The molecule has 2 aromatic carbocycles. The number of hydrogen-bond acceptors (Lipinski definition) is 3. The molecule has 29 heavy (non-hydrogen) atoms. The summed E-state index contributed by atoms with van der Waals surface area (Å²) in [5.74, 6) is -0.171. The molecule has 2 heterocycles. The monoisotopic (exact) mass is 397 g/mol. The number of halogens is 3. The van der Waals surface area contributed by atoms with Crippen molar-refractivity contribution in [1.82, 2.24) is 9.88 Å². The minimum Gasteiger partial charge on any atom is -0.355 e. The molecule has 1 amide bonds. The quantitative estimate of drug-likeness (QED) is 0.673. The summed E-state index contributed by atoms with van der Waals surface area (Å²) >= 11 is 0. The highest BCUT2D eigenvalue weighted by Gasteiger charge is 2.30. The molecule has 0 saturated carbocycles. The molecule has 1 N–H and O–H groups in total. The van der Waals surface area contributed by atoms with E-state index in [2.05, 4.69) is 16.4 Å². The van der Waals surface area contributed by atoms with Crippen LogP contribution in [-0.2, 0) is 19.1 Å². The maximum absolute atomic E-state index is 12.9. The fraction of sp³-hybridized carbons (Fsp3) is 0.182. The van der Waals surface area contributed by atoms with Crippen molar-refractivity contribution < 1.29 is 18.0 Å². The Morgan fingerprint density at radius 3 is 2.41 bits per heavy atom. The number of aromatic nitrogens is 1. The van der Waals surface area contributed by atoms with Crippen LogP contribution in [0.2, 0.25) is 0 Å². The number of amides is 1. The van der Waals surface area contributed by atoms with Crippen LogP contribution >= 0.6 is 0 Å². The number of hydrogen-bond donors (Lipinski definition) is 1. The fourth-order valence-electron chi connectivity index (χ4n) is 3.37. The van der Waals surface area contributed by atoms with Gasteiger partial charge in [-0.05, 0) is 53.9 Å². The van der Waals surface area contributed by atoms with Gasteiger partial charge in [0, 0.05) is 30.7 Å². The second-order valence-corrected chi connectivity index (χ2v) is 6.88. The second-order valence-electron chi connectivity index (χ2n) is 6.88. The molecule has 1 aliphatic heterocycles. The average molecular weight is 397 g/mol. The Kier molecular flexibility index (Phi) is 4.96. The lowest BCUT2D eigenvalue weighted by atomic mass is 10.00. The van der Waals surface area contributed by atoms with Gasteiger partial charge in [0.2, 0.25) is 0 Å². The third-order valence-corrected chi connectivity index (χ3v) is 4.90. The van der Waals surface area contributed by atoms with Crippen molar-refractivity contribution >= 4 is 17.3 Å². The highest BCUT2D eigenvalue weighted by molar-refractivity contribution is 5.93. The summed E-state index contributed by atoms with van der Waals surface area (Å²) in [7, 11) is 0. The number of nitrogens with zero attached hydrogens (tertiary/aromatic N) is 2. The molecule has 0 spiro atoms. The molecule has 0 aliphatic carbocycles. The van der Waals surface area contributed by atoms with Crippen molar-refractivity contribution in [3.63, 3.8) is 0 Å². The Morgan fingerprint density at radius 1 is 0.966 bits per heavy atom. The maximum atomic E-state index is 12.9. The highest BCUT2D eigenvalue weighted by atomic mass is 19.4. The zero-order valence-corrected chi connectivity index (χ0v) is 15.4. The topological polar surface area (TPSA) is 45.2 Å². The van der Waals surface area contributed by atoms with Crippen molar-refractivity contribution in [1.29, 1.82) is 0 Å². The van der Waals surface area contributed by atoms with E-state index >= 15 is 0 Å². The average Bonchev–Trinajstić information content (AvgIpc) is 2.73. The minimum atomic E-state index is -4.37. The number of pyridine rings is 1. The van der Waals surface area contributed by atoms with Crippen LogP contribution in [0.5, 0.6) is 0 Å². The number of alkyl halides is 3. The number of carbonyl (C=O) groups excluding carboxylic acids is 1. The molecule has 4 nitrogen and oxygen atoms in total. The van der Waals surface area contributed by atoms with Crippen LogP contribution in [0.3, 0.4) is 0 Å². The molecule has 0 radical (unpaired) electrons. The van der Waals surface area contributed by atoms with Crippen LogP contribution in [0, 0.1) is 0 Å². The Bertz CT molecular complexity index is 1030. The zero-order valence-electron chi connectivity index (χ0n) is 15.4. The first-order valence-electron chi connectivity index (χ1n) is 9.16. The van der Waals surface area contributed by atoms with Crippen LogP contribution < -0.4 is 5.32 Å². The molecule has 0 atom stereocenters. The normalized spacial score (nSPS) is 13.7. The largest absolute Gasteiger partial charge is 0.416 e. The van der Waals surface area contributed by atoms with Crippen LogP contribution in [0.25, 0.3) is 0 Å². The Morgan fingerprint density at radius 2 is 1.69 bits per heavy atom. The standard InChI is InChI=1S/C22H18F3N3O/c23-22(24,25)17-5-7-18(8-6-17)27-19-9-11-26-20(13-19)21(29)28-12-10-15-3-1-2-4-16(15)14-28/h1-9,11,13H,10,12,14H2,(H,26,27). The zero-order chi connectivity index (χ0) is 20.4. The van der Waals surface area contributed by atoms with Crippen molar-refractivity contribution in [2.75, 3.05) is 11.9 Å². The van der Waals surface area contributed by atoms with Gasteiger partial charge >= 0.3 is 6.18 Å². The van der Waals surface area contributed by atoms with E-state index in [1.165, 1.54) is 23.9 Å². The van der Waals surface area contributed by atoms with E-state index in [4.69, 9.17) is 0 Å². The van der Waals surface area contributed by atoms with Gasteiger partial charge in [0.05, 0.1) is 5.56 Å². The van der Waals surface area contributed by atoms with Crippen molar-refractivity contribution in [3.8, 4) is 0 Å². The van der Waals surface area contributed by atoms with Gasteiger partial charge in [0.15, 0.2) is 0 Å². The summed E-state index contributed by atoms with van der Waals surface area (Å²) in [6, 6.07) is 16.1. The van der Waals surface area contributed by atoms with Gasteiger partial charge < -0.3 is 10.2 Å². The van der Waals surface area contributed by atoms with Crippen molar-refractivity contribution in [2.45, 2.75) is 19.1 Å². The number of fused-ring (bicyclic) bond motifs is 1. The highest BCUT2D eigenvalue weighted by Crippen LogP contribution is 2.30. The van der Waals surface area contributed by atoms with Gasteiger partial charge in [0.25, 0.3) is 5.91 Å². The van der Waals surface area contributed by atoms with E-state index in [9.17, 15) is 18.0 Å². The smallest absolute Gasteiger partial charge is 0.355 e. The van der Waals surface area contributed by atoms with Gasteiger partial charge in [-0.2, -0.15) is 13.2 Å². The molecule has 0 saturated heterocycles. The van der Waals surface area contributed by atoms with E-state index in [1.54, 1.807) is 17.0 Å². The van der Waals surface area contributed by atoms with Crippen LogP contribution in [0.4, 0.5) is 24.5 Å². The molecule has 0 unspecified atom stereocenters. The molecule has 148 valence electrons. The second kappa shape index (κ2) is 7.58. The minimum absolute atomic E-state index is 0.171. The molecule has 1 aromatic heterocycles. The van der Waals surface area contributed by atoms with E-state index in [0.717, 1.165) is 24.1 Å². The Labute approximate surface area is 166 Å². The molecule has 7 heteroatoms. The first-order valence-corrected chi connectivity index (χ1v) is 9.16. The van der Waals surface area contributed by atoms with Gasteiger partial charge in [-0.15, -0.1) is 0 Å². The van der Waals surface area contributed by atoms with Crippen molar-refractivity contribution in [3.05, 3.63) is 89.2 Å². The van der Waals surface area contributed by atoms with E-state index in [1.807, 2.05) is 18.2 Å². The predicted molar refractivity (Wildman–Crippen MR) is 104 cm³/mol. The Hall–Kier alpha value is -3.35. The van der Waals surface area contributed by atoms with Gasteiger partial charge in [-0.25, -0.2) is 0 Å². The van der Waals surface area contributed by atoms with Gasteiger partial charge in [-0.3, -0.25) is 9.78 Å². The summed E-state index contributed by atoms with van der Waals surface area (Å²) in [5, 5.41) is 3.02. The lowest BCUT2D eigenvalue weighted by Crippen LogP contribution is -2.36. The van der Waals surface area contributed by atoms with Crippen LogP contribution in [-0.4, -0.2) is 22.3 Å².